The van der Waals surface area contributed by atoms with Crippen molar-refractivity contribution in [2.24, 2.45) is 23.7 Å². The highest BCUT2D eigenvalue weighted by Gasteiger charge is 2.31. The molecule has 1 saturated heterocycles. The molecule has 25 heavy (non-hydrogen) atoms. The average Bonchev–Trinajstić information content (AvgIpc) is 2.64. The average molecular weight is 349 g/mol. The van der Waals surface area contributed by atoms with Crippen LogP contribution in [0.4, 0.5) is 0 Å². The fourth-order valence-corrected chi connectivity index (χ4v) is 4.60. The summed E-state index contributed by atoms with van der Waals surface area (Å²) in [6, 6.07) is -0.0722. The molecule has 1 aliphatic carbocycles. The van der Waals surface area contributed by atoms with Crippen LogP contribution in [0.1, 0.15) is 58.8 Å². The highest BCUT2D eigenvalue weighted by atomic mass is 16.2. The van der Waals surface area contributed by atoms with Gasteiger partial charge in [-0.05, 0) is 62.8 Å². The van der Waals surface area contributed by atoms with Crippen LogP contribution in [0.15, 0.2) is 0 Å². The lowest BCUT2D eigenvalue weighted by Gasteiger charge is -2.36. The largest absolute Gasteiger partial charge is 0.341 e. The van der Waals surface area contributed by atoms with Crippen molar-refractivity contribution in [2.45, 2.75) is 64.8 Å². The Balaban J connectivity index is 1.86. The van der Waals surface area contributed by atoms with E-state index in [1.165, 1.54) is 25.7 Å². The van der Waals surface area contributed by atoms with Gasteiger partial charge in [-0.3, -0.25) is 4.79 Å². The van der Waals surface area contributed by atoms with E-state index in [0.29, 0.717) is 18.4 Å². The highest BCUT2D eigenvalue weighted by molar-refractivity contribution is 5.82. The van der Waals surface area contributed by atoms with Gasteiger partial charge in [-0.2, -0.15) is 5.26 Å². The van der Waals surface area contributed by atoms with Gasteiger partial charge in [0.1, 0.15) is 0 Å². The topological polar surface area (TPSA) is 68.2 Å². The Morgan fingerprint density at radius 2 is 2.00 bits per heavy atom. The predicted octanol–water partition coefficient (Wildman–Crippen LogP) is 2.74. The lowest BCUT2D eigenvalue weighted by molar-refractivity contribution is -0.135. The van der Waals surface area contributed by atoms with Crippen molar-refractivity contribution in [3.63, 3.8) is 0 Å². The van der Waals surface area contributed by atoms with Gasteiger partial charge in [-0.25, -0.2) is 0 Å². The van der Waals surface area contributed by atoms with Gasteiger partial charge < -0.3 is 15.5 Å². The van der Waals surface area contributed by atoms with E-state index in [-0.39, 0.29) is 11.9 Å². The van der Waals surface area contributed by atoms with Crippen LogP contribution in [-0.4, -0.2) is 43.5 Å². The first-order valence-electron chi connectivity index (χ1n) is 10.1. The van der Waals surface area contributed by atoms with Gasteiger partial charge in [0.15, 0.2) is 6.19 Å². The standard InChI is InChI=1S/C20H36N4O/c1-15-6-8-18(9-7-15)16(2)11-19(22-3)20(25)24-10-4-5-17(13-24)12-23-14-21/h15-19,22-23H,4-13H2,1-3H3/t15?,16?,17-,18?,19?/m1/s1. The number of nitrogens with one attached hydrogen (secondary N) is 2. The Hall–Kier alpha value is -1.28. The summed E-state index contributed by atoms with van der Waals surface area (Å²) < 4.78 is 0. The Morgan fingerprint density at radius 1 is 1.28 bits per heavy atom. The molecule has 0 aromatic heterocycles. The number of rotatable bonds is 7. The Bertz CT molecular complexity index is 453. The lowest BCUT2D eigenvalue weighted by atomic mass is 9.75. The number of nitrogens with zero attached hydrogens (tertiary/aromatic N) is 2. The predicted molar refractivity (Wildman–Crippen MR) is 101 cm³/mol. The molecular weight excluding hydrogens is 312 g/mol. The zero-order valence-corrected chi connectivity index (χ0v) is 16.3. The molecule has 2 rings (SSSR count). The molecule has 2 N–H and O–H groups in total. The minimum atomic E-state index is -0.0722. The number of nitriles is 1. The normalized spacial score (nSPS) is 29.5. The van der Waals surface area contributed by atoms with Gasteiger partial charge in [0.25, 0.3) is 0 Å². The summed E-state index contributed by atoms with van der Waals surface area (Å²) in [4.78, 5) is 15.0. The van der Waals surface area contributed by atoms with E-state index >= 15 is 0 Å². The molecule has 0 aromatic carbocycles. The minimum Gasteiger partial charge on any atom is -0.341 e. The van der Waals surface area contributed by atoms with Gasteiger partial charge >= 0.3 is 0 Å². The van der Waals surface area contributed by atoms with Crippen molar-refractivity contribution in [1.29, 1.82) is 5.26 Å². The first kappa shape index (κ1) is 20.0. The number of carbonyl (C=O) groups is 1. The summed E-state index contributed by atoms with van der Waals surface area (Å²) in [5.41, 5.74) is 0. The van der Waals surface area contributed by atoms with E-state index in [4.69, 9.17) is 5.26 Å². The second kappa shape index (κ2) is 10.0. The van der Waals surface area contributed by atoms with Crippen LogP contribution in [-0.2, 0) is 4.79 Å². The molecule has 5 nitrogen and oxygen atoms in total. The van der Waals surface area contributed by atoms with Crippen LogP contribution in [0.5, 0.6) is 0 Å². The number of piperidine rings is 1. The van der Waals surface area contributed by atoms with Crippen molar-refractivity contribution >= 4 is 5.91 Å². The molecule has 142 valence electrons. The Labute approximate surface area is 153 Å². The number of hydrogen-bond donors (Lipinski definition) is 2. The smallest absolute Gasteiger partial charge is 0.239 e. The van der Waals surface area contributed by atoms with E-state index in [9.17, 15) is 4.79 Å². The van der Waals surface area contributed by atoms with Crippen LogP contribution >= 0.6 is 0 Å². The number of hydrogen-bond acceptors (Lipinski definition) is 4. The molecule has 2 unspecified atom stereocenters. The van der Waals surface area contributed by atoms with E-state index < -0.39 is 0 Å². The van der Waals surface area contributed by atoms with Gasteiger partial charge in [-0.15, -0.1) is 0 Å². The Morgan fingerprint density at radius 3 is 2.64 bits per heavy atom. The summed E-state index contributed by atoms with van der Waals surface area (Å²) in [6.45, 7) is 7.00. The van der Waals surface area contributed by atoms with Crippen LogP contribution in [0.3, 0.4) is 0 Å². The van der Waals surface area contributed by atoms with E-state index in [1.807, 2.05) is 18.1 Å². The molecule has 1 saturated carbocycles. The molecule has 0 spiro atoms. The summed E-state index contributed by atoms with van der Waals surface area (Å²) in [7, 11) is 1.91. The number of likely N-dealkylation sites (tertiary alicyclic amines) is 1. The molecule has 2 fully saturated rings. The molecule has 5 heteroatoms. The van der Waals surface area contributed by atoms with Gasteiger partial charge in [0.05, 0.1) is 6.04 Å². The van der Waals surface area contributed by atoms with Gasteiger partial charge in [0, 0.05) is 19.6 Å². The van der Waals surface area contributed by atoms with Crippen LogP contribution in [0.25, 0.3) is 0 Å². The second-order valence-corrected chi connectivity index (χ2v) is 8.36. The highest BCUT2D eigenvalue weighted by Crippen LogP contribution is 2.35. The maximum Gasteiger partial charge on any atom is 0.239 e. The third kappa shape index (κ3) is 5.88. The van der Waals surface area contributed by atoms with Crippen molar-refractivity contribution in [1.82, 2.24) is 15.5 Å². The minimum absolute atomic E-state index is 0.0722. The van der Waals surface area contributed by atoms with Gasteiger partial charge in [0.2, 0.25) is 5.91 Å². The van der Waals surface area contributed by atoms with Crippen LogP contribution in [0.2, 0.25) is 0 Å². The zero-order chi connectivity index (χ0) is 18.2. The summed E-state index contributed by atoms with van der Waals surface area (Å²) in [5.74, 6) is 2.88. The summed E-state index contributed by atoms with van der Waals surface area (Å²) in [6.07, 6.45) is 10.4. The first-order chi connectivity index (χ1) is 12.0. The fraction of sp³-hybridized carbons (Fsp3) is 0.900. The molecule has 1 amide bonds. The van der Waals surface area contributed by atoms with Crippen LogP contribution in [0, 0.1) is 35.1 Å². The molecule has 3 atom stereocenters. The maximum atomic E-state index is 13.0. The van der Waals surface area contributed by atoms with E-state index in [1.54, 1.807) is 0 Å². The molecule has 0 bridgehead atoms. The molecule has 1 aliphatic heterocycles. The molecule has 2 aliphatic rings. The van der Waals surface area contributed by atoms with E-state index in [0.717, 1.165) is 44.2 Å². The first-order valence-corrected chi connectivity index (χ1v) is 10.1. The molecule has 0 radical (unpaired) electrons. The van der Waals surface area contributed by atoms with Crippen molar-refractivity contribution in [2.75, 3.05) is 26.7 Å². The monoisotopic (exact) mass is 348 g/mol. The van der Waals surface area contributed by atoms with Crippen molar-refractivity contribution < 1.29 is 4.79 Å². The molecular formula is C20H36N4O. The zero-order valence-electron chi connectivity index (χ0n) is 16.3. The third-order valence-electron chi connectivity index (χ3n) is 6.42. The fourth-order valence-electron chi connectivity index (χ4n) is 4.60. The number of amides is 1. The van der Waals surface area contributed by atoms with Gasteiger partial charge in [-0.1, -0.05) is 26.7 Å². The molecule has 1 heterocycles. The quantitative estimate of drug-likeness (QED) is 0.548. The van der Waals surface area contributed by atoms with Crippen molar-refractivity contribution in [3.8, 4) is 6.19 Å². The Kier molecular flexibility index (Phi) is 8.02. The second-order valence-electron chi connectivity index (χ2n) is 8.36. The SMILES string of the molecule is CNC(CC(C)C1CCC(C)CC1)C(=O)N1CCC[C@H](CNC#N)C1. The third-order valence-corrected chi connectivity index (χ3v) is 6.42. The molecule has 0 aromatic rings. The summed E-state index contributed by atoms with van der Waals surface area (Å²) >= 11 is 0. The van der Waals surface area contributed by atoms with E-state index in [2.05, 4.69) is 24.5 Å². The van der Waals surface area contributed by atoms with Crippen molar-refractivity contribution in [3.05, 3.63) is 0 Å². The lowest BCUT2D eigenvalue weighted by Crippen LogP contribution is -2.50. The number of carbonyl (C=O) groups excluding carboxylic acids is 1. The maximum absolute atomic E-state index is 13.0. The number of likely N-dealkylation sites (N-methyl/N-ethyl adjacent to an activating group) is 1. The van der Waals surface area contributed by atoms with Crippen LogP contribution < -0.4 is 10.6 Å². The summed E-state index contributed by atoms with van der Waals surface area (Å²) in [5, 5.41) is 14.7.